The monoisotopic (exact) mass is 743 g/mol. The van der Waals surface area contributed by atoms with E-state index in [0.29, 0.717) is 19.3 Å². The first-order valence-corrected chi connectivity index (χ1v) is 22.2. The van der Waals surface area contributed by atoms with Gasteiger partial charge in [-0.15, -0.1) is 0 Å². The zero-order valence-corrected chi connectivity index (χ0v) is 34.8. The van der Waals surface area contributed by atoms with Crippen molar-refractivity contribution in [2.24, 2.45) is 0 Å². The van der Waals surface area contributed by atoms with Crippen molar-refractivity contribution >= 4 is 17.9 Å². The Balaban J connectivity index is 4.43. The fourth-order valence-corrected chi connectivity index (χ4v) is 5.86. The molecule has 0 rings (SSSR count). The van der Waals surface area contributed by atoms with E-state index in [1.54, 1.807) is 0 Å². The molecule has 0 aromatic rings. The average Bonchev–Trinajstić information content (AvgIpc) is 3.15. The normalized spacial score (nSPS) is 12.4. The molecule has 0 amide bonds. The molecule has 53 heavy (non-hydrogen) atoms. The summed E-state index contributed by atoms with van der Waals surface area (Å²) in [7, 11) is 0. The standard InChI is InChI=1S/C47H82O6/c1-4-7-10-13-16-19-22-23-24-26-28-31-34-37-40-46(49)52-43-44(42-51-45(48)39-36-33-30-27-21-18-15-12-9-6-3)53-47(50)41-38-35-32-29-25-20-17-14-11-8-5-2/h14-15,17-18,20,24-26,44H,4-13,16,19,21-23,27-43H2,1-3H3/b17-14-,18-15-,25-20-,26-24-. The first kappa shape index (κ1) is 50.4. The maximum atomic E-state index is 12.7. The van der Waals surface area contributed by atoms with Crippen LogP contribution in [0.3, 0.4) is 0 Å². The van der Waals surface area contributed by atoms with Gasteiger partial charge in [-0.1, -0.05) is 159 Å². The zero-order valence-electron chi connectivity index (χ0n) is 34.8. The molecule has 0 aromatic heterocycles. The predicted octanol–water partition coefficient (Wildman–Crippen LogP) is 14.0. The van der Waals surface area contributed by atoms with E-state index >= 15 is 0 Å². The van der Waals surface area contributed by atoms with Gasteiger partial charge in [0.05, 0.1) is 0 Å². The molecule has 1 unspecified atom stereocenters. The van der Waals surface area contributed by atoms with Crippen LogP contribution in [0.2, 0.25) is 0 Å². The number of carbonyl (C=O) groups is 3. The molecular weight excluding hydrogens is 661 g/mol. The van der Waals surface area contributed by atoms with Gasteiger partial charge in [0, 0.05) is 19.3 Å². The van der Waals surface area contributed by atoms with Gasteiger partial charge in [-0.05, 0) is 83.5 Å². The summed E-state index contributed by atoms with van der Waals surface area (Å²) >= 11 is 0. The van der Waals surface area contributed by atoms with Crippen molar-refractivity contribution in [3.8, 4) is 0 Å². The van der Waals surface area contributed by atoms with E-state index in [9.17, 15) is 14.4 Å². The average molecular weight is 743 g/mol. The quantitative estimate of drug-likeness (QED) is 0.0205. The second-order valence-corrected chi connectivity index (χ2v) is 14.6. The molecule has 0 bridgehead atoms. The molecular formula is C47H82O6. The van der Waals surface area contributed by atoms with Crippen molar-refractivity contribution in [3.63, 3.8) is 0 Å². The number of allylic oxidation sites excluding steroid dienone is 8. The highest BCUT2D eigenvalue weighted by molar-refractivity contribution is 5.71. The van der Waals surface area contributed by atoms with Crippen LogP contribution < -0.4 is 0 Å². The number of hydrogen-bond donors (Lipinski definition) is 0. The van der Waals surface area contributed by atoms with Gasteiger partial charge >= 0.3 is 17.9 Å². The molecule has 0 fully saturated rings. The van der Waals surface area contributed by atoms with Crippen LogP contribution in [-0.2, 0) is 28.6 Å². The molecule has 0 aliphatic heterocycles. The number of rotatable bonds is 39. The lowest BCUT2D eigenvalue weighted by Crippen LogP contribution is -2.30. The van der Waals surface area contributed by atoms with Crippen molar-refractivity contribution < 1.29 is 28.6 Å². The third kappa shape index (κ3) is 40.4. The summed E-state index contributed by atoms with van der Waals surface area (Å²) in [5, 5.41) is 0. The Morgan fingerprint density at radius 3 is 1.15 bits per heavy atom. The summed E-state index contributed by atoms with van der Waals surface area (Å²) in [6.07, 6.45) is 48.1. The molecule has 0 saturated heterocycles. The fraction of sp³-hybridized carbons (Fsp3) is 0.766. The maximum Gasteiger partial charge on any atom is 0.306 e. The summed E-state index contributed by atoms with van der Waals surface area (Å²) < 4.78 is 16.6. The van der Waals surface area contributed by atoms with Crippen molar-refractivity contribution in [1.82, 2.24) is 0 Å². The Hall–Kier alpha value is -2.63. The number of ether oxygens (including phenoxy) is 3. The fourth-order valence-electron chi connectivity index (χ4n) is 5.86. The first-order valence-electron chi connectivity index (χ1n) is 22.2. The van der Waals surface area contributed by atoms with Gasteiger partial charge in [0.15, 0.2) is 6.10 Å². The van der Waals surface area contributed by atoms with Gasteiger partial charge in [-0.2, -0.15) is 0 Å². The smallest absolute Gasteiger partial charge is 0.306 e. The molecule has 306 valence electrons. The van der Waals surface area contributed by atoms with Crippen LogP contribution in [-0.4, -0.2) is 37.2 Å². The van der Waals surface area contributed by atoms with Gasteiger partial charge in [-0.3, -0.25) is 14.4 Å². The van der Waals surface area contributed by atoms with E-state index in [0.717, 1.165) is 103 Å². The van der Waals surface area contributed by atoms with Crippen LogP contribution in [0, 0.1) is 0 Å². The van der Waals surface area contributed by atoms with E-state index in [1.165, 1.54) is 70.6 Å². The van der Waals surface area contributed by atoms with Crippen LogP contribution in [0.1, 0.15) is 213 Å². The summed E-state index contributed by atoms with van der Waals surface area (Å²) in [5.74, 6) is -0.956. The first-order chi connectivity index (χ1) is 26.0. The highest BCUT2D eigenvalue weighted by atomic mass is 16.6. The second kappa shape index (κ2) is 42.1. The Morgan fingerprint density at radius 2 is 0.698 bits per heavy atom. The van der Waals surface area contributed by atoms with Crippen LogP contribution in [0.5, 0.6) is 0 Å². The second-order valence-electron chi connectivity index (χ2n) is 14.6. The highest BCUT2D eigenvalue weighted by Crippen LogP contribution is 2.12. The molecule has 1 atom stereocenters. The number of carbonyl (C=O) groups excluding carboxylic acids is 3. The Labute approximate surface area is 327 Å². The SMILES string of the molecule is CCCC/C=C\C=C/CCCCCC(=O)OC(COC(=O)CCCCC/C=C\CCCCCCCCC)COC(=O)CCCCCC/C=C\CCCC. The van der Waals surface area contributed by atoms with Crippen molar-refractivity contribution in [3.05, 3.63) is 48.6 Å². The van der Waals surface area contributed by atoms with Gasteiger partial charge in [0.1, 0.15) is 13.2 Å². The lowest BCUT2D eigenvalue weighted by molar-refractivity contribution is -0.167. The molecule has 0 saturated carbocycles. The van der Waals surface area contributed by atoms with Crippen LogP contribution in [0.4, 0.5) is 0 Å². The number of esters is 3. The van der Waals surface area contributed by atoms with Crippen LogP contribution in [0.15, 0.2) is 48.6 Å². The zero-order chi connectivity index (χ0) is 38.7. The summed E-state index contributed by atoms with van der Waals surface area (Å²) in [6, 6.07) is 0. The summed E-state index contributed by atoms with van der Waals surface area (Å²) in [6.45, 7) is 6.47. The van der Waals surface area contributed by atoms with Crippen molar-refractivity contribution in [2.45, 2.75) is 219 Å². The van der Waals surface area contributed by atoms with E-state index < -0.39 is 6.10 Å². The topological polar surface area (TPSA) is 78.9 Å². The van der Waals surface area contributed by atoms with Crippen molar-refractivity contribution in [1.29, 1.82) is 0 Å². The molecule has 0 aromatic carbocycles. The number of unbranched alkanes of at least 4 members (excludes halogenated alkanes) is 21. The van der Waals surface area contributed by atoms with Crippen LogP contribution >= 0.6 is 0 Å². The maximum absolute atomic E-state index is 12.7. The van der Waals surface area contributed by atoms with E-state index in [4.69, 9.17) is 14.2 Å². The molecule has 0 radical (unpaired) electrons. The summed E-state index contributed by atoms with van der Waals surface area (Å²) in [4.78, 5) is 37.6. The third-order valence-electron chi connectivity index (χ3n) is 9.30. The molecule has 0 aliphatic carbocycles. The van der Waals surface area contributed by atoms with Gasteiger partial charge < -0.3 is 14.2 Å². The Morgan fingerprint density at radius 1 is 0.377 bits per heavy atom. The Kier molecular flexibility index (Phi) is 40.0. The van der Waals surface area contributed by atoms with Gasteiger partial charge in [0.25, 0.3) is 0 Å². The largest absolute Gasteiger partial charge is 0.462 e. The molecule has 0 N–H and O–H groups in total. The lowest BCUT2D eigenvalue weighted by Gasteiger charge is -2.18. The summed E-state index contributed by atoms with van der Waals surface area (Å²) in [5.41, 5.74) is 0. The molecule has 0 aliphatic rings. The molecule has 0 heterocycles. The van der Waals surface area contributed by atoms with E-state index in [1.807, 2.05) is 0 Å². The van der Waals surface area contributed by atoms with E-state index in [2.05, 4.69) is 69.4 Å². The van der Waals surface area contributed by atoms with Crippen molar-refractivity contribution in [2.75, 3.05) is 13.2 Å². The van der Waals surface area contributed by atoms with Gasteiger partial charge in [0.2, 0.25) is 0 Å². The molecule has 6 nitrogen and oxygen atoms in total. The minimum atomic E-state index is -0.793. The molecule has 0 spiro atoms. The van der Waals surface area contributed by atoms with Crippen LogP contribution in [0.25, 0.3) is 0 Å². The predicted molar refractivity (Wildman–Crippen MR) is 224 cm³/mol. The minimum absolute atomic E-state index is 0.0951. The third-order valence-corrected chi connectivity index (χ3v) is 9.30. The van der Waals surface area contributed by atoms with E-state index in [-0.39, 0.29) is 31.1 Å². The highest BCUT2D eigenvalue weighted by Gasteiger charge is 2.19. The molecule has 6 heteroatoms. The van der Waals surface area contributed by atoms with Gasteiger partial charge in [-0.25, -0.2) is 0 Å². The minimum Gasteiger partial charge on any atom is -0.462 e. The lowest BCUT2D eigenvalue weighted by atomic mass is 10.1. The number of hydrogen-bond acceptors (Lipinski definition) is 6. The Bertz CT molecular complexity index is 949.